The van der Waals surface area contributed by atoms with Crippen molar-refractivity contribution in [3.63, 3.8) is 0 Å². The van der Waals surface area contributed by atoms with E-state index in [9.17, 15) is 0 Å². The van der Waals surface area contributed by atoms with Gasteiger partial charge in [-0.2, -0.15) is 0 Å². The van der Waals surface area contributed by atoms with Crippen molar-refractivity contribution in [3.8, 4) is 0 Å². The molecule has 2 atom stereocenters. The Kier molecular flexibility index (Phi) is 4.65. The third kappa shape index (κ3) is 3.26. The lowest BCUT2D eigenvalue weighted by Crippen LogP contribution is -2.47. The van der Waals surface area contributed by atoms with Crippen molar-refractivity contribution in [1.82, 2.24) is 5.32 Å². The van der Waals surface area contributed by atoms with Crippen molar-refractivity contribution >= 4 is 5.69 Å². The summed E-state index contributed by atoms with van der Waals surface area (Å²) in [6, 6.07) is 9.60. The molecule has 1 aliphatic rings. The van der Waals surface area contributed by atoms with E-state index in [1.165, 1.54) is 30.6 Å². The maximum absolute atomic E-state index is 3.65. The maximum atomic E-state index is 3.65. The minimum atomic E-state index is 0.634. The smallest absolute Gasteiger partial charge is 0.0364 e. The molecule has 0 aliphatic carbocycles. The molecule has 1 N–H and O–H groups in total. The highest BCUT2D eigenvalue weighted by Gasteiger charge is 2.21. The molecule has 1 fully saturated rings. The van der Waals surface area contributed by atoms with Crippen molar-refractivity contribution in [2.24, 2.45) is 5.92 Å². The van der Waals surface area contributed by atoms with E-state index in [4.69, 9.17) is 0 Å². The Morgan fingerprint density at radius 1 is 1.28 bits per heavy atom. The summed E-state index contributed by atoms with van der Waals surface area (Å²) in [6.45, 7) is 6.85. The molecule has 1 aliphatic heterocycles. The molecule has 1 heterocycles. The van der Waals surface area contributed by atoms with Gasteiger partial charge in [0.15, 0.2) is 0 Å². The van der Waals surface area contributed by atoms with Gasteiger partial charge in [-0.3, -0.25) is 0 Å². The molecule has 100 valence electrons. The van der Waals surface area contributed by atoms with Gasteiger partial charge in [-0.25, -0.2) is 0 Å². The number of likely N-dealkylation sites (N-methyl/N-ethyl adjacent to an activating group) is 1. The van der Waals surface area contributed by atoms with Crippen LogP contribution in [0.1, 0.15) is 32.3 Å². The van der Waals surface area contributed by atoms with Crippen molar-refractivity contribution in [2.75, 3.05) is 25.0 Å². The Hall–Kier alpha value is -1.02. The van der Waals surface area contributed by atoms with Crippen molar-refractivity contribution in [3.05, 3.63) is 29.8 Å². The molecule has 0 saturated carbocycles. The summed E-state index contributed by atoms with van der Waals surface area (Å²) >= 11 is 0. The van der Waals surface area contributed by atoms with Gasteiger partial charge in [-0.05, 0) is 49.4 Å². The molecule has 1 saturated heterocycles. The number of aryl methyl sites for hydroxylation is 1. The molecule has 2 heteroatoms. The first-order valence-corrected chi connectivity index (χ1v) is 7.24. The molecule has 0 spiro atoms. The number of nitrogens with one attached hydrogen (secondary N) is 1. The number of nitrogens with zero attached hydrogens (tertiary/aromatic N) is 1. The van der Waals surface area contributed by atoms with Crippen LogP contribution in [0.5, 0.6) is 0 Å². The molecule has 18 heavy (non-hydrogen) atoms. The van der Waals surface area contributed by atoms with Crippen molar-refractivity contribution in [2.45, 2.75) is 39.2 Å². The summed E-state index contributed by atoms with van der Waals surface area (Å²) < 4.78 is 0. The number of anilines is 1. The first-order valence-electron chi connectivity index (χ1n) is 7.24. The lowest BCUT2D eigenvalue weighted by atomic mass is 9.92. The van der Waals surface area contributed by atoms with E-state index < -0.39 is 0 Å². The van der Waals surface area contributed by atoms with Crippen LogP contribution in [0.3, 0.4) is 0 Å². The number of piperidine rings is 1. The Morgan fingerprint density at radius 3 is 2.61 bits per heavy atom. The average molecular weight is 246 g/mol. The fourth-order valence-electron chi connectivity index (χ4n) is 2.74. The molecule has 2 nitrogen and oxygen atoms in total. The molecule has 2 rings (SSSR count). The summed E-state index contributed by atoms with van der Waals surface area (Å²) in [5, 5.41) is 3.65. The van der Waals surface area contributed by atoms with Crippen LogP contribution in [0, 0.1) is 5.92 Å². The second kappa shape index (κ2) is 6.24. The summed E-state index contributed by atoms with van der Waals surface area (Å²) in [4.78, 5) is 2.37. The highest BCUT2D eigenvalue weighted by molar-refractivity contribution is 5.47. The SMILES string of the molecule is CCc1ccc(N(C)CC2NCCCC2C)cc1. The first-order chi connectivity index (χ1) is 8.70. The van der Waals surface area contributed by atoms with Crippen LogP contribution < -0.4 is 10.2 Å². The van der Waals surface area contributed by atoms with E-state index in [-0.39, 0.29) is 0 Å². The third-order valence-corrected chi connectivity index (χ3v) is 4.19. The van der Waals surface area contributed by atoms with Crippen molar-refractivity contribution < 1.29 is 0 Å². The third-order valence-electron chi connectivity index (χ3n) is 4.19. The van der Waals surface area contributed by atoms with Gasteiger partial charge in [0, 0.05) is 25.3 Å². The normalized spacial score (nSPS) is 23.9. The number of hydrogen-bond acceptors (Lipinski definition) is 2. The Morgan fingerprint density at radius 2 is 2.00 bits per heavy atom. The minimum Gasteiger partial charge on any atom is -0.373 e. The largest absolute Gasteiger partial charge is 0.373 e. The molecule has 1 aromatic carbocycles. The monoisotopic (exact) mass is 246 g/mol. The zero-order chi connectivity index (χ0) is 13.0. The van der Waals surface area contributed by atoms with Crippen LogP contribution in [0.4, 0.5) is 5.69 Å². The number of rotatable bonds is 4. The zero-order valence-electron chi connectivity index (χ0n) is 11.9. The van der Waals surface area contributed by atoms with Gasteiger partial charge in [-0.1, -0.05) is 26.0 Å². The lowest BCUT2D eigenvalue weighted by Gasteiger charge is -2.34. The van der Waals surface area contributed by atoms with Gasteiger partial charge >= 0.3 is 0 Å². The predicted molar refractivity (Wildman–Crippen MR) is 79.3 cm³/mol. The molecule has 0 amide bonds. The van der Waals surface area contributed by atoms with E-state index in [0.29, 0.717) is 6.04 Å². The highest BCUT2D eigenvalue weighted by Crippen LogP contribution is 2.19. The number of hydrogen-bond donors (Lipinski definition) is 1. The van der Waals surface area contributed by atoms with E-state index in [1.54, 1.807) is 0 Å². The van der Waals surface area contributed by atoms with Crippen LogP contribution in [0.2, 0.25) is 0 Å². The molecule has 0 radical (unpaired) electrons. The van der Waals surface area contributed by atoms with E-state index in [2.05, 4.69) is 55.4 Å². The fraction of sp³-hybridized carbons (Fsp3) is 0.625. The van der Waals surface area contributed by atoms with Crippen LogP contribution in [0.15, 0.2) is 24.3 Å². The van der Waals surface area contributed by atoms with Gasteiger partial charge in [0.1, 0.15) is 0 Å². The van der Waals surface area contributed by atoms with Crippen LogP contribution in [0.25, 0.3) is 0 Å². The summed E-state index contributed by atoms with van der Waals surface area (Å²) in [5.74, 6) is 0.788. The van der Waals surface area contributed by atoms with Crippen LogP contribution in [-0.4, -0.2) is 26.2 Å². The topological polar surface area (TPSA) is 15.3 Å². The summed E-state index contributed by atoms with van der Waals surface area (Å²) in [7, 11) is 2.20. The second-order valence-corrected chi connectivity index (χ2v) is 5.58. The molecular weight excluding hydrogens is 220 g/mol. The van der Waals surface area contributed by atoms with Crippen molar-refractivity contribution in [1.29, 1.82) is 0 Å². The summed E-state index contributed by atoms with van der Waals surface area (Å²) in [6.07, 6.45) is 3.80. The Balaban J connectivity index is 1.95. The van der Waals surface area contributed by atoms with Crippen LogP contribution in [-0.2, 0) is 6.42 Å². The quantitative estimate of drug-likeness (QED) is 0.878. The van der Waals surface area contributed by atoms with E-state index in [0.717, 1.165) is 18.9 Å². The van der Waals surface area contributed by atoms with E-state index >= 15 is 0 Å². The van der Waals surface area contributed by atoms with Gasteiger partial charge in [0.2, 0.25) is 0 Å². The molecular formula is C16H26N2. The van der Waals surface area contributed by atoms with E-state index in [1.807, 2.05) is 0 Å². The first kappa shape index (κ1) is 13.4. The average Bonchev–Trinajstić information content (AvgIpc) is 2.41. The van der Waals surface area contributed by atoms with Gasteiger partial charge in [-0.15, -0.1) is 0 Å². The molecule has 2 unspecified atom stereocenters. The van der Waals surface area contributed by atoms with Gasteiger partial charge < -0.3 is 10.2 Å². The lowest BCUT2D eigenvalue weighted by molar-refractivity contribution is 0.303. The molecule has 0 bridgehead atoms. The van der Waals surface area contributed by atoms with Gasteiger partial charge in [0.25, 0.3) is 0 Å². The van der Waals surface area contributed by atoms with Gasteiger partial charge in [0.05, 0.1) is 0 Å². The Labute approximate surface area is 111 Å². The van der Waals surface area contributed by atoms with Crippen LogP contribution >= 0.6 is 0 Å². The minimum absolute atomic E-state index is 0.634. The fourth-order valence-corrected chi connectivity index (χ4v) is 2.74. The zero-order valence-corrected chi connectivity index (χ0v) is 11.9. The Bertz CT molecular complexity index is 358. The molecule has 0 aromatic heterocycles. The standard InChI is InChI=1S/C16H26N2/c1-4-14-7-9-15(10-8-14)18(3)12-16-13(2)6-5-11-17-16/h7-10,13,16-17H,4-6,11-12H2,1-3H3. The summed E-state index contributed by atoms with van der Waals surface area (Å²) in [5.41, 5.74) is 2.74. The molecule has 1 aromatic rings. The second-order valence-electron chi connectivity index (χ2n) is 5.58. The highest BCUT2D eigenvalue weighted by atomic mass is 15.1. The predicted octanol–water partition coefficient (Wildman–Crippen LogP) is 3.07. The maximum Gasteiger partial charge on any atom is 0.0364 e. The number of benzene rings is 1.